The van der Waals surface area contributed by atoms with Gasteiger partial charge >= 0.3 is 0 Å². The molecule has 1 heterocycles. The van der Waals surface area contributed by atoms with Gasteiger partial charge < -0.3 is 4.98 Å². The standard InChI is InChI=1S/C17H16FN3O3S/c18-15-7-6-13-8-14(17(22)21-16(13)9-15)11-20-25(23,24)19-10-12-4-2-1-3-5-12/h1-9,19-20H,10-11H2,(H,21,22). The first-order valence-electron chi connectivity index (χ1n) is 7.52. The van der Waals surface area contributed by atoms with Crippen molar-refractivity contribution in [3.8, 4) is 0 Å². The zero-order valence-corrected chi connectivity index (χ0v) is 13.9. The number of H-pyrrole nitrogens is 1. The van der Waals surface area contributed by atoms with Gasteiger partial charge in [0.05, 0.1) is 5.52 Å². The molecule has 25 heavy (non-hydrogen) atoms. The van der Waals surface area contributed by atoms with Gasteiger partial charge in [-0.15, -0.1) is 0 Å². The molecule has 3 aromatic rings. The van der Waals surface area contributed by atoms with Gasteiger partial charge in [0.1, 0.15) is 5.82 Å². The largest absolute Gasteiger partial charge is 0.322 e. The van der Waals surface area contributed by atoms with Gasteiger partial charge in [-0.3, -0.25) is 4.79 Å². The minimum atomic E-state index is -3.77. The Morgan fingerprint density at radius 2 is 1.68 bits per heavy atom. The summed E-state index contributed by atoms with van der Waals surface area (Å²) >= 11 is 0. The zero-order chi connectivity index (χ0) is 17.9. The molecule has 0 bridgehead atoms. The van der Waals surface area contributed by atoms with Gasteiger partial charge in [-0.05, 0) is 35.2 Å². The molecule has 0 saturated carbocycles. The van der Waals surface area contributed by atoms with Crippen LogP contribution in [0.1, 0.15) is 11.1 Å². The quantitative estimate of drug-likeness (QED) is 0.625. The van der Waals surface area contributed by atoms with Gasteiger partial charge in [0.2, 0.25) is 0 Å². The minimum absolute atomic E-state index is 0.142. The van der Waals surface area contributed by atoms with Crippen LogP contribution in [0.2, 0.25) is 0 Å². The Morgan fingerprint density at radius 1 is 0.960 bits per heavy atom. The number of pyridine rings is 1. The monoisotopic (exact) mass is 361 g/mol. The number of rotatable bonds is 6. The Labute approximate surface area is 143 Å². The molecular formula is C17H16FN3O3S. The molecule has 0 aliphatic carbocycles. The van der Waals surface area contributed by atoms with E-state index in [-0.39, 0.29) is 18.7 Å². The maximum Gasteiger partial charge on any atom is 0.277 e. The van der Waals surface area contributed by atoms with Crippen molar-refractivity contribution < 1.29 is 12.8 Å². The van der Waals surface area contributed by atoms with Crippen LogP contribution < -0.4 is 15.0 Å². The highest BCUT2D eigenvalue weighted by molar-refractivity contribution is 7.87. The number of nitrogens with one attached hydrogen (secondary N) is 3. The number of benzene rings is 2. The predicted octanol–water partition coefficient (Wildman–Crippen LogP) is 1.79. The Kier molecular flexibility index (Phi) is 4.93. The molecule has 0 atom stereocenters. The first-order valence-corrected chi connectivity index (χ1v) is 9.01. The van der Waals surface area contributed by atoms with Crippen LogP contribution in [0.3, 0.4) is 0 Å². The van der Waals surface area contributed by atoms with Crippen molar-refractivity contribution >= 4 is 21.1 Å². The lowest BCUT2D eigenvalue weighted by atomic mass is 10.1. The van der Waals surface area contributed by atoms with E-state index >= 15 is 0 Å². The van der Waals surface area contributed by atoms with E-state index in [4.69, 9.17) is 0 Å². The molecule has 130 valence electrons. The van der Waals surface area contributed by atoms with Crippen molar-refractivity contribution in [2.75, 3.05) is 0 Å². The van der Waals surface area contributed by atoms with E-state index in [9.17, 15) is 17.6 Å². The molecule has 2 aromatic carbocycles. The van der Waals surface area contributed by atoms with Crippen LogP contribution in [0.15, 0.2) is 59.4 Å². The Hall–Kier alpha value is -2.55. The number of aromatic amines is 1. The average molecular weight is 361 g/mol. The van der Waals surface area contributed by atoms with Crippen molar-refractivity contribution in [3.05, 3.63) is 81.9 Å². The summed E-state index contributed by atoms with van der Waals surface area (Å²) in [5.41, 5.74) is 0.949. The molecule has 8 heteroatoms. The fourth-order valence-corrected chi connectivity index (χ4v) is 3.15. The van der Waals surface area contributed by atoms with Gasteiger partial charge in [-0.25, -0.2) is 4.39 Å². The van der Waals surface area contributed by atoms with Crippen LogP contribution in [0.25, 0.3) is 10.9 Å². The molecule has 0 unspecified atom stereocenters. The summed E-state index contributed by atoms with van der Waals surface area (Å²) in [5, 5.41) is 0.618. The summed E-state index contributed by atoms with van der Waals surface area (Å²) in [6.07, 6.45) is 0. The Balaban J connectivity index is 1.70. The minimum Gasteiger partial charge on any atom is -0.322 e. The van der Waals surface area contributed by atoms with Crippen molar-refractivity contribution in [2.45, 2.75) is 13.1 Å². The molecule has 6 nitrogen and oxygen atoms in total. The van der Waals surface area contributed by atoms with E-state index in [0.717, 1.165) is 5.56 Å². The topological polar surface area (TPSA) is 91.1 Å². The molecule has 0 fully saturated rings. The number of hydrogen-bond acceptors (Lipinski definition) is 3. The summed E-state index contributed by atoms with van der Waals surface area (Å²) in [6.45, 7) is -0.0314. The van der Waals surface area contributed by atoms with Gasteiger partial charge in [0.25, 0.3) is 15.8 Å². The van der Waals surface area contributed by atoms with Crippen molar-refractivity contribution in [1.29, 1.82) is 0 Å². The average Bonchev–Trinajstić information content (AvgIpc) is 2.59. The second kappa shape index (κ2) is 7.14. The Morgan fingerprint density at radius 3 is 2.44 bits per heavy atom. The predicted molar refractivity (Wildman–Crippen MR) is 93.6 cm³/mol. The maximum absolute atomic E-state index is 13.2. The summed E-state index contributed by atoms with van der Waals surface area (Å²) in [4.78, 5) is 14.5. The zero-order valence-electron chi connectivity index (χ0n) is 13.1. The van der Waals surface area contributed by atoms with Gasteiger partial charge in [0, 0.05) is 18.7 Å². The van der Waals surface area contributed by atoms with Crippen molar-refractivity contribution in [1.82, 2.24) is 14.4 Å². The lowest BCUT2D eigenvalue weighted by Gasteiger charge is -2.09. The second-order valence-electron chi connectivity index (χ2n) is 5.49. The first kappa shape index (κ1) is 17.3. The normalized spacial score (nSPS) is 11.7. The lowest BCUT2D eigenvalue weighted by molar-refractivity contribution is 0.565. The highest BCUT2D eigenvalue weighted by Gasteiger charge is 2.11. The highest BCUT2D eigenvalue weighted by Crippen LogP contribution is 2.12. The molecule has 0 saturated heterocycles. The van der Waals surface area contributed by atoms with Gasteiger partial charge in [-0.1, -0.05) is 30.3 Å². The number of aromatic nitrogens is 1. The van der Waals surface area contributed by atoms with Crippen LogP contribution in [0, 0.1) is 5.82 Å². The fourth-order valence-electron chi connectivity index (χ4n) is 2.35. The van der Waals surface area contributed by atoms with Crippen molar-refractivity contribution in [3.63, 3.8) is 0 Å². The molecule has 0 aliphatic rings. The van der Waals surface area contributed by atoms with E-state index < -0.39 is 21.6 Å². The molecular weight excluding hydrogens is 345 g/mol. The maximum atomic E-state index is 13.2. The van der Waals surface area contributed by atoms with E-state index in [1.807, 2.05) is 18.2 Å². The van der Waals surface area contributed by atoms with Crippen molar-refractivity contribution in [2.24, 2.45) is 0 Å². The molecule has 0 amide bonds. The molecule has 0 radical (unpaired) electrons. The van der Waals surface area contributed by atoms with E-state index in [1.54, 1.807) is 12.1 Å². The number of fused-ring (bicyclic) bond motifs is 1. The highest BCUT2D eigenvalue weighted by atomic mass is 32.2. The summed E-state index contributed by atoms with van der Waals surface area (Å²) in [5.74, 6) is -0.457. The van der Waals surface area contributed by atoms with Crippen LogP contribution in [-0.2, 0) is 23.3 Å². The molecule has 0 spiro atoms. The van der Waals surface area contributed by atoms with Gasteiger partial charge in [-0.2, -0.15) is 17.9 Å². The third-order valence-corrected chi connectivity index (χ3v) is 4.70. The van der Waals surface area contributed by atoms with E-state index in [0.29, 0.717) is 10.9 Å². The molecule has 3 rings (SSSR count). The second-order valence-corrected chi connectivity index (χ2v) is 7.07. The Bertz CT molecular complexity index is 1050. The number of halogens is 1. The van der Waals surface area contributed by atoms with Gasteiger partial charge in [0.15, 0.2) is 0 Å². The third kappa shape index (κ3) is 4.50. The van der Waals surface area contributed by atoms with E-state index in [1.165, 1.54) is 24.3 Å². The van der Waals surface area contributed by atoms with Crippen LogP contribution in [0.5, 0.6) is 0 Å². The fraction of sp³-hybridized carbons (Fsp3) is 0.118. The summed E-state index contributed by atoms with van der Waals surface area (Å²) in [7, 11) is -3.77. The third-order valence-electron chi connectivity index (χ3n) is 3.65. The molecule has 3 N–H and O–H groups in total. The van der Waals surface area contributed by atoms with E-state index in [2.05, 4.69) is 14.4 Å². The molecule has 1 aromatic heterocycles. The first-order chi connectivity index (χ1) is 11.9. The molecule has 0 aliphatic heterocycles. The SMILES string of the molecule is O=c1[nH]c2cc(F)ccc2cc1CNS(=O)(=O)NCc1ccccc1. The van der Waals surface area contributed by atoms with Crippen LogP contribution >= 0.6 is 0 Å². The summed E-state index contributed by atoms with van der Waals surface area (Å²) in [6, 6.07) is 14.6. The van der Waals surface area contributed by atoms with Crippen LogP contribution in [0.4, 0.5) is 4.39 Å². The smallest absolute Gasteiger partial charge is 0.277 e. The summed E-state index contributed by atoms with van der Waals surface area (Å²) < 4.78 is 41.9. The number of hydrogen-bond donors (Lipinski definition) is 3. The van der Waals surface area contributed by atoms with Crippen LogP contribution in [-0.4, -0.2) is 13.4 Å². The lowest BCUT2D eigenvalue weighted by Crippen LogP contribution is -2.36.